The largest absolute Gasteiger partial charge is 0.354 e. The Morgan fingerprint density at radius 2 is 1.85 bits per heavy atom. The third kappa shape index (κ3) is 2.79. The lowest BCUT2D eigenvalue weighted by Gasteiger charge is -2.47. The number of nitrogens with zero attached hydrogens (tertiary/aromatic N) is 4. The van der Waals surface area contributed by atoms with Crippen LogP contribution in [0.1, 0.15) is 0 Å². The van der Waals surface area contributed by atoms with Crippen LogP contribution in [0.25, 0.3) is 0 Å². The maximum atomic E-state index is 11.4. The Morgan fingerprint density at radius 1 is 1.15 bits per heavy atom. The predicted molar refractivity (Wildman–Crippen MR) is 78.2 cm³/mol. The van der Waals surface area contributed by atoms with Gasteiger partial charge in [0.2, 0.25) is 10.0 Å². The highest BCUT2D eigenvalue weighted by Crippen LogP contribution is 2.20. The van der Waals surface area contributed by atoms with Gasteiger partial charge in [-0.3, -0.25) is 4.90 Å². The monoisotopic (exact) mass is 296 g/mol. The molecule has 2 aliphatic rings. The molecule has 110 valence electrons. The predicted octanol–water partition coefficient (Wildman–Crippen LogP) is -0.153. The zero-order chi connectivity index (χ0) is 14.2. The molecule has 20 heavy (non-hydrogen) atoms. The van der Waals surface area contributed by atoms with Gasteiger partial charge in [-0.2, -0.15) is 4.31 Å². The van der Waals surface area contributed by atoms with Crippen LogP contribution in [-0.4, -0.2) is 74.2 Å². The number of anilines is 1. The van der Waals surface area contributed by atoms with Gasteiger partial charge < -0.3 is 4.90 Å². The second kappa shape index (κ2) is 5.31. The standard InChI is InChI=1S/C13H20N4O2S/c1-20(18,19)17-10-12(11-17)15-6-8-16(9-7-15)13-4-2-3-5-14-13/h2-5,12H,6-11H2,1H3. The van der Waals surface area contributed by atoms with Gasteiger partial charge in [-0.1, -0.05) is 6.07 Å². The summed E-state index contributed by atoms with van der Waals surface area (Å²) in [6.45, 7) is 5.13. The first-order chi connectivity index (χ1) is 9.54. The number of piperazine rings is 1. The molecule has 0 amide bonds. The van der Waals surface area contributed by atoms with E-state index in [1.807, 2.05) is 24.4 Å². The van der Waals surface area contributed by atoms with E-state index in [-0.39, 0.29) is 0 Å². The molecule has 0 N–H and O–H groups in total. The van der Waals surface area contributed by atoms with Crippen LogP contribution >= 0.6 is 0 Å². The van der Waals surface area contributed by atoms with Gasteiger partial charge in [0.25, 0.3) is 0 Å². The molecule has 1 aromatic heterocycles. The molecule has 6 nitrogen and oxygen atoms in total. The van der Waals surface area contributed by atoms with Crippen molar-refractivity contribution in [1.82, 2.24) is 14.2 Å². The molecule has 3 heterocycles. The van der Waals surface area contributed by atoms with Crippen LogP contribution < -0.4 is 4.90 Å². The Morgan fingerprint density at radius 3 is 2.40 bits per heavy atom. The van der Waals surface area contributed by atoms with Crippen LogP contribution in [0, 0.1) is 0 Å². The van der Waals surface area contributed by atoms with Gasteiger partial charge >= 0.3 is 0 Å². The second-order valence-corrected chi connectivity index (χ2v) is 7.43. The molecular formula is C13H20N4O2S. The first-order valence-electron chi connectivity index (χ1n) is 6.89. The fourth-order valence-corrected chi connectivity index (χ4v) is 3.66. The molecule has 3 rings (SSSR count). The van der Waals surface area contributed by atoms with Crippen LogP contribution in [0.5, 0.6) is 0 Å². The smallest absolute Gasteiger partial charge is 0.211 e. The van der Waals surface area contributed by atoms with Crippen molar-refractivity contribution in [2.45, 2.75) is 6.04 Å². The number of aromatic nitrogens is 1. The van der Waals surface area contributed by atoms with Gasteiger partial charge in [0, 0.05) is 51.5 Å². The lowest BCUT2D eigenvalue weighted by molar-refractivity contribution is 0.0832. The summed E-state index contributed by atoms with van der Waals surface area (Å²) in [5.41, 5.74) is 0. The summed E-state index contributed by atoms with van der Waals surface area (Å²) in [6, 6.07) is 6.35. The Kier molecular flexibility index (Phi) is 3.66. The summed E-state index contributed by atoms with van der Waals surface area (Å²) in [7, 11) is -3.01. The van der Waals surface area contributed by atoms with Gasteiger partial charge in [0.05, 0.1) is 6.26 Å². The highest BCUT2D eigenvalue weighted by molar-refractivity contribution is 7.88. The lowest BCUT2D eigenvalue weighted by Crippen LogP contribution is -2.64. The Hall–Kier alpha value is -1.18. The maximum Gasteiger partial charge on any atom is 0.211 e. The first kappa shape index (κ1) is 13.8. The molecular weight excluding hydrogens is 276 g/mol. The van der Waals surface area contributed by atoms with Gasteiger partial charge in [0.15, 0.2) is 0 Å². The number of hydrogen-bond acceptors (Lipinski definition) is 5. The SMILES string of the molecule is CS(=O)(=O)N1CC(N2CCN(c3ccccn3)CC2)C1. The Bertz CT molecular complexity index is 549. The van der Waals surface area contributed by atoms with Crippen molar-refractivity contribution in [1.29, 1.82) is 0 Å². The molecule has 1 aromatic rings. The van der Waals surface area contributed by atoms with Gasteiger partial charge in [-0.15, -0.1) is 0 Å². The fourth-order valence-electron chi connectivity index (χ4n) is 2.78. The van der Waals surface area contributed by atoms with E-state index in [2.05, 4.69) is 14.8 Å². The minimum atomic E-state index is -3.01. The zero-order valence-electron chi connectivity index (χ0n) is 11.6. The quantitative estimate of drug-likeness (QED) is 0.776. The summed E-state index contributed by atoms with van der Waals surface area (Å²) < 4.78 is 24.3. The lowest BCUT2D eigenvalue weighted by atomic mass is 10.1. The van der Waals surface area contributed by atoms with Crippen molar-refractivity contribution >= 4 is 15.8 Å². The summed E-state index contributed by atoms with van der Waals surface area (Å²) >= 11 is 0. The van der Waals surface area contributed by atoms with E-state index in [1.165, 1.54) is 6.26 Å². The van der Waals surface area contributed by atoms with E-state index in [9.17, 15) is 8.42 Å². The van der Waals surface area contributed by atoms with Crippen LogP contribution in [0.3, 0.4) is 0 Å². The molecule has 2 fully saturated rings. The molecule has 0 bridgehead atoms. The van der Waals surface area contributed by atoms with Crippen molar-refractivity contribution in [2.75, 3.05) is 50.4 Å². The molecule has 0 saturated carbocycles. The van der Waals surface area contributed by atoms with E-state index < -0.39 is 10.0 Å². The van der Waals surface area contributed by atoms with Crippen molar-refractivity contribution in [3.63, 3.8) is 0 Å². The third-order valence-electron chi connectivity index (χ3n) is 4.10. The topological polar surface area (TPSA) is 56.8 Å². The van der Waals surface area contributed by atoms with Crippen molar-refractivity contribution in [3.05, 3.63) is 24.4 Å². The van der Waals surface area contributed by atoms with Crippen LogP contribution in [0.4, 0.5) is 5.82 Å². The molecule has 0 radical (unpaired) electrons. The first-order valence-corrected chi connectivity index (χ1v) is 8.74. The molecule has 0 unspecified atom stereocenters. The average Bonchev–Trinajstić information content (AvgIpc) is 2.37. The Balaban J connectivity index is 1.51. The molecule has 0 aromatic carbocycles. The van der Waals surface area contributed by atoms with E-state index >= 15 is 0 Å². The van der Waals surface area contributed by atoms with Crippen LogP contribution in [0.15, 0.2) is 24.4 Å². The number of pyridine rings is 1. The van der Waals surface area contributed by atoms with Crippen molar-refractivity contribution < 1.29 is 8.42 Å². The number of sulfonamides is 1. The fraction of sp³-hybridized carbons (Fsp3) is 0.615. The molecule has 0 spiro atoms. The van der Waals surface area contributed by atoms with E-state index in [4.69, 9.17) is 0 Å². The highest BCUT2D eigenvalue weighted by atomic mass is 32.2. The molecule has 0 aliphatic carbocycles. The summed E-state index contributed by atoms with van der Waals surface area (Å²) in [6.07, 6.45) is 3.10. The van der Waals surface area contributed by atoms with E-state index in [1.54, 1.807) is 4.31 Å². The zero-order valence-corrected chi connectivity index (χ0v) is 12.5. The summed E-state index contributed by atoms with van der Waals surface area (Å²) in [4.78, 5) is 9.04. The van der Waals surface area contributed by atoms with Gasteiger partial charge in [0.1, 0.15) is 5.82 Å². The number of rotatable bonds is 3. The average molecular weight is 296 g/mol. The van der Waals surface area contributed by atoms with Crippen molar-refractivity contribution in [2.24, 2.45) is 0 Å². The van der Waals surface area contributed by atoms with E-state index in [0.717, 1.165) is 32.0 Å². The van der Waals surface area contributed by atoms with Gasteiger partial charge in [-0.25, -0.2) is 13.4 Å². The molecule has 0 atom stereocenters. The maximum absolute atomic E-state index is 11.4. The molecule has 2 saturated heterocycles. The van der Waals surface area contributed by atoms with Gasteiger partial charge in [-0.05, 0) is 12.1 Å². The van der Waals surface area contributed by atoms with Crippen molar-refractivity contribution in [3.8, 4) is 0 Å². The summed E-state index contributed by atoms with van der Waals surface area (Å²) in [5, 5.41) is 0. The van der Waals surface area contributed by atoms with E-state index in [0.29, 0.717) is 19.1 Å². The summed E-state index contributed by atoms with van der Waals surface area (Å²) in [5.74, 6) is 1.03. The Labute approximate surface area is 120 Å². The normalized spacial score (nSPS) is 22.8. The second-order valence-electron chi connectivity index (χ2n) is 5.44. The highest BCUT2D eigenvalue weighted by Gasteiger charge is 2.37. The molecule has 2 aliphatic heterocycles. The minimum absolute atomic E-state index is 0.385. The molecule has 7 heteroatoms. The minimum Gasteiger partial charge on any atom is -0.354 e. The number of hydrogen-bond donors (Lipinski definition) is 0. The van der Waals surface area contributed by atoms with Crippen LogP contribution in [0.2, 0.25) is 0 Å². The third-order valence-corrected chi connectivity index (χ3v) is 5.34. The van der Waals surface area contributed by atoms with Crippen LogP contribution in [-0.2, 0) is 10.0 Å².